The number of hydrogen-bond acceptors (Lipinski definition) is 2. The lowest BCUT2D eigenvalue weighted by atomic mass is 10.1. The normalized spacial score (nSPS) is 10.0. The first kappa shape index (κ1) is 11.2. The second kappa shape index (κ2) is 5.08. The van der Waals surface area contributed by atoms with Crippen LogP contribution in [0, 0.1) is 0 Å². The van der Waals surface area contributed by atoms with Crippen LogP contribution in [-0.4, -0.2) is 16.1 Å². The highest BCUT2D eigenvalue weighted by Gasteiger charge is 2.09. The van der Waals surface area contributed by atoms with E-state index in [1.54, 1.807) is 0 Å². The Balaban J connectivity index is 3.15. The van der Waals surface area contributed by atoms with Gasteiger partial charge < -0.3 is 5.11 Å². The smallest absolute Gasteiger partial charge is 0.337 e. The fourth-order valence-electron chi connectivity index (χ4n) is 0.923. The minimum Gasteiger partial charge on any atom is -0.478 e. The molecule has 3 nitrogen and oxygen atoms in total. The van der Waals surface area contributed by atoms with E-state index in [4.69, 9.17) is 5.11 Å². The van der Waals surface area contributed by atoms with E-state index in [9.17, 15) is 4.79 Å². The lowest BCUT2D eigenvalue weighted by molar-refractivity contribution is 0.0695. The van der Waals surface area contributed by atoms with Crippen molar-refractivity contribution in [3.63, 3.8) is 0 Å². The molecule has 1 N–H and O–H groups in total. The zero-order valence-electron chi connectivity index (χ0n) is 6.63. The molecule has 70 valence electrons. The summed E-state index contributed by atoms with van der Waals surface area (Å²) in [4.78, 5) is 14.8. The first-order chi connectivity index (χ1) is 6.19. The van der Waals surface area contributed by atoms with E-state index in [2.05, 4.69) is 50.2 Å². The summed E-state index contributed by atoms with van der Waals surface area (Å²) in [5.74, 6) is -0.904. The number of hydrogen-bond donors (Lipinski definition) is 1. The quantitative estimate of drug-likeness (QED) is 0.624. The third-order valence-corrected chi connectivity index (χ3v) is 3.16. The Labute approximate surface area is 103 Å². The maximum atomic E-state index is 10.7. The third kappa shape index (κ3) is 2.76. The average molecular weight is 403 g/mol. The molecule has 5 heteroatoms. The van der Waals surface area contributed by atoms with Gasteiger partial charge in [-0.3, -0.25) is 4.98 Å². The predicted molar refractivity (Wildman–Crippen MR) is 66.6 cm³/mol. The minimum absolute atomic E-state index is 0.308. The topological polar surface area (TPSA) is 50.2 Å². The summed E-state index contributed by atoms with van der Waals surface area (Å²) in [5, 5.41) is 8.82. The van der Waals surface area contributed by atoms with Crippen LogP contribution < -0.4 is 0 Å². The molecule has 0 aliphatic heterocycles. The first-order valence-corrected chi connectivity index (χ1v) is 6.57. The number of carbonyl (C=O) groups is 1. The Morgan fingerprint density at radius 1 is 1.46 bits per heavy atom. The maximum Gasteiger partial charge on any atom is 0.337 e. The molecule has 0 spiro atoms. The minimum atomic E-state index is -0.904. The van der Waals surface area contributed by atoms with Crippen LogP contribution in [-0.2, 0) is 8.86 Å². The Kier molecular flexibility index (Phi) is 4.36. The summed E-state index contributed by atoms with van der Waals surface area (Å²) >= 11 is 4.35. The molecule has 0 amide bonds. The molecule has 0 fully saturated rings. The van der Waals surface area contributed by atoms with Crippen LogP contribution in [0.1, 0.15) is 21.6 Å². The summed E-state index contributed by atoms with van der Waals surface area (Å²) < 4.78 is 1.51. The molecule has 0 aliphatic carbocycles. The second-order valence-electron chi connectivity index (χ2n) is 2.41. The molecular weight excluding hydrogens is 396 g/mol. The van der Waals surface area contributed by atoms with Crippen LogP contribution in [0.5, 0.6) is 0 Å². The van der Waals surface area contributed by atoms with Crippen LogP contribution in [0.25, 0.3) is 0 Å². The molecule has 1 heterocycles. The Bertz CT molecular complexity index is 328. The highest BCUT2D eigenvalue weighted by Crippen LogP contribution is 2.15. The molecule has 0 aromatic carbocycles. The zero-order chi connectivity index (χ0) is 9.84. The molecule has 0 atom stereocenters. The second-order valence-corrected chi connectivity index (χ2v) is 3.93. The molecule has 0 bridgehead atoms. The lowest BCUT2D eigenvalue weighted by Gasteiger charge is -2.03. The lowest BCUT2D eigenvalue weighted by Crippen LogP contribution is -2.03. The fourth-order valence-corrected chi connectivity index (χ4v) is 1.97. The van der Waals surface area contributed by atoms with Crippen LogP contribution in [0.4, 0.5) is 0 Å². The van der Waals surface area contributed by atoms with E-state index < -0.39 is 5.97 Å². The first-order valence-electron chi connectivity index (χ1n) is 3.52. The number of carboxylic acids is 1. The van der Waals surface area contributed by atoms with Crippen molar-refractivity contribution < 1.29 is 9.90 Å². The summed E-state index contributed by atoms with van der Waals surface area (Å²) in [6.45, 7) is 0. The summed E-state index contributed by atoms with van der Waals surface area (Å²) in [7, 11) is 0. The van der Waals surface area contributed by atoms with Crippen molar-refractivity contribution in [2.45, 2.75) is 8.86 Å². The highest BCUT2D eigenvalue weighted by molar-refractivity contribution is 14.1. The number of pyridine rings is 1. The van der Waals surface area contributed by atoms with E-state index in [-0.39, 0.29) is 0 Å². The van der Waals surface area contributed by atoms with Crippen molar-refractivity contribution in [1.29, 1.82) is 0 Å². The van der Waals surface area contributed by atoms with E-state index >= 15 is 0 Å². The van der Waals surface area contributed by atoms with Gasteiger partial charge in [-0.25, -0.2) is 4.79 Å². The monoisotopic (exact) mass is 403 g/mol. The van der Waals surface area contributed by atoms with Gasteiger partial charge in [-0.2, -0.15) is 0 Å². The SMILES string of the molecule is O=C(O)c1cnc(CI)cc1CI. The van der Waals surface area contributed by atoms with Crippen LogP contribution in [0.3, 0.4) is 0 Å². The molecule has 13 heavy (non-hydrogen) atoms. The standard InChI is InChI=1S/C8H7I2NO2/c9-2-5-1-6(3-10)11-4-7(5)8(12)13/h1,4H,2-3H2,(H,12,13). The Morgan fingerprint density at radius 3 is 2.62 bits per heavy atom. The third-order valence-electron chi connectivity index (χ3n) is 1.56. The Hall–Kier alpha value is 0.0800. The van der Waals surface area contributed by atoms with Gasteiger partial charge in [-0.05, 0) is 11.6 Å². The maximum absolute atomic E-state index is 10.7. The molecule has 0 unspecified atom stereocenters. The molecule has 0 saturated heterocycles. The molecule has 1 rings (SSSR count). The van der Waals surface area contributed by atoms with E-state index in [1.165, 1.54) is 6.20 Å². The highest BCUT2D eigenvalue weighted by atomic mass is 127. The van der Waals surface area contributed by atoms with Crippen molar-refractivity contribution in [1.82, 2.24) is 4.98 Å². The van der Waals surface area contributed by atoms with Crippen LogP contribution >= 0.6 is 45.2 Å². The van der Waals surface area contributed by atoms with Crippen molar-refractivity contribution in [2.75, 3.05) is 0 Å². The van der Waals surface area contributed by atoms with E-state index in [0.717, 1.165) is 15.7 Å². The van der Waals surface area contributed by atoms with Crippen molar-refractivity contribution in [3.05, 3.63) is 29.1 Å². The number of alkyl halides is 2. The number of aromatic nitrogens is 1. The Morgan fingerprint density at radius 2 is 2.15 bits per heavy atom. The van der Waals surface area contributed by atoms with Crippen LogP contribution in [0.15, 0.2) is 12.3 Å². The molecule has 0 radical (unpaired) electrons. The van der Waals surface area contributed by atoms with Gasteiger partial charge in [0, 0.05) is 15.1 Å². The van der Waals surface area contributed by atoms with Gasteiger partial charge in [0.15, 0.2) is 0 Å². The summed E-state index contributed by atoms with van der Waals surface area (Å²) in [6.07, 6.45) is 1.43. The number of carboxylic acid groups (broad SMARTS) is 1. The van der Waals surface area contributed by atoms with Gasteiger partial charge in [0.2, 0.25) is 0 Å². The number of nitrogens with zero attached hydrogens (tertiary/aromatic N) is 1. The predicted octanol–water partition coefficient (Wildman–Crippen LogP) is 2.65. The average Bonchev–Trinajstić information content (AvgIpc) is 2.16. The van der Waals surface area contributed by atoms with Gasteiger partial charge in [0.05, 0.1) is 11.3 Å². The molecule has 0 aliphatic rings. The van der Waals surface area contributed by atoms with Crippen molar-refractivity contribution in [3.8, 4) is 0 Å². The summed E-state index contributed by atoms with van der Waals surface area (Å²) in [5.41, 5.74) is 2.08. The van der Waals surface area contributed by atoms with Crippen molar-refractivity contribution >= 4 is 51.2 Å². The van der Waals surface area contributed by atoms with Gasteiger partial charge in [-0.1, -0.05) is 45.2 Å². The molecule has 0 saturated carbocycles. The van der Waals surface area contributed by atoms with Crippen molar-refractivity contribution in [2.24, 2.45) is 0 Å². The van der Waals surface area contributed by atoms with Crippen LogP contribution in [0.2, 0.25) is 0 Å². The van der Waals surface area contributed by atoms with Gasteiger partial charge in [0.1, 0.15) is 0 Å². The molecule has 1 aromatic rings. The van der Waals surface area contributed by atoms with Gasteiger partial charge in [-0.15, -0.1) is 0 Å². The van der Waals surface area contributed by atoms with Gasteiger partial charge >= 0.3 is 5.97 Å². The number of halogens is 2. The van der Waals surface area contributed by atoms with E-state index in [1.807, 2.05) is 6.07 Å². The summed E-state index contributed by atoms with van der Waals surface area (Å²) in [6, 6.07) is 1.85. The molecule has 1 aromatic heterocycles. The largest absolute Gasteiger partial charge is 0.478 e. The fraction of sp³-hybridized carbons (Fsp3) is 0.250. The zero-order valence-corrected chi connectivity index (χ0v) is 10.9. The molecular formula is C8H7I2NO2. The van der Waals surface area contributed by atoms with Gasteiger partial charge in [0.25, 0.3) is 0 Å². The van der Waals surface area contributed by atoms with E-state index in [0.29, 0.717) is 9.99 Å². The number of rotatable bonds is 3. The number of aromatic carboxylic acids is 1.